The van der Waals surface area contributed by atoms with E-state index in [2.05, 4.69) is 48.6 Å². The van der Waals surface area contributed by atoms with Gasteiger partial charge in [0.25, 0.3) is 5.91 Å². The molecule has 0 saturated heterocycles. The van der Waals surface area contributed by atoms with Crippen molar-refractivity contribution in [1.82, 2.24) is 25.0 Å². The van der Waals surface area contributed by atoms with Crippen molar-refractivity contribution in [1.29, 1.82) is 0 Å². The molecule has 1 atom stereocenters. The van der Waals surface area contributed by atoms with Gasteiger partial charge in [0.15, 0.2) is 0 Å². The number of hydrogen-bond acceptors (Lipinski definition) is 5. The van der Waals surface area contributed by atoms with Gasteiger partial charge in [-0.25, -0.2) is 0 Å². The van der Waals surface area contributed by atoms with Crippen LogP contribution < -0.4 is 5.32 Å². The first kappa shape index (κ1) is 16.9. The Morgan fingerprint density at radius 1 is 1.27 bits per heavy atom. The maximum absolute atomic E-state index is 12.2. The summed E-state index contributed by atoms with van der Waals surface area (Å²) in [5, 5.41) is 9.61. The molecule has 0 radical (unpaired) electrons. The highest BCUT2D eigenvalue weighted by Crippen LogP contribution is 2.25. The average Bonchev–Trinajstić information content (AvgIpc) is 3.34. The van der Waals surface area contributed by atoms with Crippen LogP contribution in [0.15, 0.2) is 54.3 Å². The number of rotatable bonds is 6. The SMILES string of the molecule is O=C(NCCC1CN(Cc2cccs2)Cc2ccnn21)c1cccnc1. The summed E-state index contributed by atoms with van der Waals surface area (Å²) < 4.78 is 2.11. The van der Waals surface area contributed by atoms with Crippen LogP contribution in [0.3, 0.4) is 0 Å². The van der Waals surface area contributed by atoms with Gasteiger partial charge in [-0.3, -0.25) is 19.4 Å². The molecule has 1 amide bonds. The zero-order chi connectivity index (χ0) is 17.8. The summed E-state index contributed by atoms with van der Waals surface area (Å²) in [4.78, 5) is 20.0. The predicted molar refractivity (Wildman–Crippen MR) is 101 cm³/mol. The summed E-state index contributed by atoms with van der Waals surface area (Å²) in [5.74, 6) is -0.0787. The van der Waals surface area contributed by atoms with E-state index in [9.17, 15) is 4.79 Å². The standard InChI is InChI=1S/C19H21N5OS/c25-19(15-3-1-7-20-11-15)21-8-5-16-12-23(14-18-4-2-10-26-18)13-17-6-9-22-24(16)17/h1-4,6-7,9-11,16H,5,8,12-14H2,(H,21,25). The third kappa shape index (κ3) is 3.84. The quantitative estimate of drug-likeness (QED) is 0.728. The fraction of sp³-hybridized carbons (Fsp3) is 0.316. The molecule has 4 heterocycles. The minimum absolute atomic E-state index is 0.0787. The van der Waals surface area contributed by atoms with E-state index in [-0.39, 0.29) is 11.9 Å². The van der Waals surface area contributed by atoms with Gasteiger partial charge >= 0.3 is 0 Å². The first-order valence-corrected chi connectivity index (χ1v) is 9.63. The summed E-state index contributed by atoms with van der Waals surface area (Å²) in [6, 6.07) is 10.2. The fourth-order valence-electron chi connectivity index (χ4n) is 3.37. The topological polar surface area (TPSA) is 63.1 Å². The normalized spacial score (nSPS) is 17.0. The highest BCUT2D eigenvalue weighted by molar-refractivity contribution is 7.09. The Morgan fingerprint density at radius 3 is 3.04 bits per heavy atom. The molecule has 6 nitrogen and oxygen atoms in total. The number of nitrogens with zero attached hydrogens (tertiary/aromatic N) is 4. The van der Waals surface area contributed by atoms with Gasteiger partial charge in [0, 0.05) is 49.6 Å². The van der Waals surface area contributed by atoms with Crippen LogP contribution in [-0.4, -0.2) is 38.7 Å². The summed E-state index contributed by atoms with van der Waals surface area (Å²) in [5.41, 5.74) is 1.83. The second-order valence-electron chi connectivity index (χ2n) is 6.46. The van der Waals surface area contributed by atoms with E-state index in [1.807, 2.05) is 6.20 Å². The predicted octanol–water partition coefficient (Wildman–Crippen LogP) is 2.72. The molecule has 4 rings (SSSR count). The number of amides is 1. The van der Waals surface area contributed by atoms with E-state index >= 15 is 0 Å². The Morgan fingerprint density at radius 2 is 2.23 bits per heavy atom. The lowest BCUT2D eigenvalue weighted by atomic mass is 10.1. The molecule has 1 aliphatic heterocycles. The van der Waals surface area contributed by atoms with Crippen molar-refractivity contribution in [3.8, 4) is 0 Å². The Bertz CT molecular complexity index is 846. The molecule has 1 N–H and O–H groups in total. The second-order valence-corrected chi connectivity index (χ2v) is 7.49. The van der Waals surface area contributed by atoms with E-state index in [1.165, 1.54) is 10.6 Å². The molecule has 3 aromatic rings. The van der Waals surface area contributed by atoms with Crippen molar-refractivity contribution in [2.24, 2.45) is 0 Å². The van der Waals surface area contributed by atoms with Crippen LogP contribution in [-0.2, 0) is 13.1 Å². The summed E-state index contributed by atoms with van der Waals surface area (Å²) in [6.07, 6.45) is 5.97. The third-order valence-corrected chi connectivity index (χ3v) is 5.46. The third-order valence-electron chi connectivity index (χ3n) is 4.60. The van der Waals surface area contributed by atoms with Gasteiger partial charge in [-0.2, -0.15) is 5.10 Å². The van der Waals surface area contributed by atoms with Gasteiger partial charge in [0.1, 0.15) is 0 Å². The molecule has 1 unspecified atom stereocenters. The molecular formula is C19H21N5OS. The first-order valence-electron chi connectivity index (χ1n) is 8.75. The molecule has 1 aliphatic rings. The van der Waals surface area contributed by atoms with E-state index in [1.54, 1.807) is 35.9 Å². The van der Waals surface area contributed by atoms with Crippen LogP contribution in [0.1, 0.15) is 33.4 Å². The van der Waals surface area contributed by atoms with Gasteiger partial charge in [-0.05, 0) is 36.1 Å². The molecule has 7 heteroatoms. The monoisotopic (exact) mass is 367 g/mol. The highest BCUT2D eigenvalue weighted by atomic mass is 32.1. The van der Waals surface area contributed by atoms with E-state index in [4.69, 9.17) is 0 Å². The fourth-order valence-corrected chi connectivity index (χ4v) is 4.12. The number of fused-ring (bicyclic) bond motifs is 1. The van der Waals surface area contributed by atoms with Gasteiger partial charge in [0.05, 0.1) is 17.3 Å². The molecule has 0 fully saturated rings. The van der Waals surface area contributed by atoms with E-state index in [0.29, 0.717) is 12.1 Å². The summed E-state index contributed by atoms with van der Waals surface area (Å²) in [6.45, 7) is 3.43. The lowest BCUT2D eigenvalue weighted by molar-refractivity contribution is 0.0946. The van der Waals surface area contributed by atoms with Crippen molar-refractivity contribution in [3.63, 3.8) is 0 Å². The lowest BCUT2D eigenvalue weighted by Gasteiger charge is -2.33. The number of aromatic nitrogens is 3. The van der Waals surface area contributed by atoms with Crippen LogP contribution in [0.25, 0.3) is 0 Å². The molecule has 134 valence electrons. The minimum atomic E-state index is -0.0787. The van der Waals surface area contributed by atoms with Crippen molar-refractivity contribution in [3.05, 3.63) is 70.4 Å². The number of carbonyl (C=O) groups excluding carboxylic acids is 1. The summed E-state index contributed by atoms with van der Waals surface area (Å²) >= 11 is 1.79. The molecule has 3 aromatic heterocycles. The maximum Gasteiger partial charge on any atom is 0.252 e. The number of pyridine rings is 1. The maximum atomic E-state index is 12.2. The smallest absolute Gasteiger partial charge is 0.252 e. The van der Waals surface area contributed by atoms with Crippen molar-refractivity contribution >= 4 is 17.2 Å². The zero-order valence-electron chi connectivity index (χ0n) is 14.4. The Labute approximate surface area is 156 Å². The number of carbonyl (C=O) groups is 1. The van der Waals surface area contributed by atoms with Crippen LogP contribution in [0, 0.1) is 0 Å². The lowest BCUT2D eigenvalue weighted by Crippen LogP contribution is -2.38. The zero-order valence-corrected chi connectivity index (χ0v) is 15.2. The van der Waals surface area contributed by atoms with Crippen LogP contribution in [0.2, 0.25) is 0 Å². The minimum Gasteiger partial charge on any atom is -0.352 e. The Kier molecular flexibility index (Phi) is 5.08. The first-order chi connectivity index (χ1) is 12.8. The molecule has 0 aromatic carbocycles. The van der Waals surface area contributed by atoms with Gasteiger partial charge in [-0.1, -0.05) is 6.07 Å². The highest BCUT2D eigenvalue weighted by Gasteiger charge is 2.25. The summed E-state index contributed by atoms with van der Waals surface area (Å²) in [7, 11) is 0. The molecule has 26 heavy (non-hydrogen) atoms. The largest absolute Gasteiger partial charge is 0.352 e. The molecular weight excluding hydrogens is 346 g/mol. The number of thiophene rings is 1. The van der Waals surface area contributed by atoms with Crippen molar-refractivity contribution in [2.45, 2.75) is 25.6 Å². The van der Waals surface area contributed by atoms with Crippen molar-refractivity contribution < 1.29 is 4.79 Å². The molecule has 0 saturated carbocycles. The van der Waals surface area contributed by atoms with E-state index in [0.717, 1.165) is 26.1 Å². The molecule has 0 aliphatic carbocycles. The molecule has 0 spiro atoms. The van der Waals surface area contributed by atoms with Gasteiger partial charge in [-0.15, -0.1) is 11.3 Å². The Hall–Kier alpha value is -2.51. The number of nitrogens with one attached hydrogen (secondary N) is 1. The number of hydrogen-bond donors (Lipinski definition) is 1. The van der Waals surface area contributed by atoms with Gasteiger partial charge in [0.2, 0.25) is 0 Å². The van der Waals surface area contributed by atoms with Crippen LogP contribution in [0.5, 0.6) is 0 Å². The van der Waals surface area contributed by atoms with Crippen LogP contribution >= 0.6 is 11.3 Å². The second kappa shape index (κ2) is 7.80. The average molecular weight is 367 g/mol. The van der Waals surface area contributed by atoms with Crippen LogP contribution in [0.4, 0.5) is 0 Å². The van der Waals surface area contributed by atoms with Crippen molar-refractivity contribution in [2.75, 3.05) is 13.1 Å². The van der Waals surface area contributed by atoms with Gasteiger partial charge < -0.3 is 5.32 Å². The van der Waals surface area contributed by atoms with E-state index < -0.39 is 0 Å². The molecule has 0 bridgehead atoms. The Balaban J connectivity index is 1.37.